The molecule has 2 aromatic carbocycles. The van der Waals surface area contributed by atoms with Gasteiger partial charge < -0.3 is 19.9 Å². The van der Waals surface area contributed by atoms with Crippen molar-refractivity contribution in [1.82, 2.24) is 15.1 Å². The Morgan fingerprint density at radius 3 is 2.32 bits per heavy atom. The number of nitrogens with zero attached hydrogens (tertiary/aromatic N) is 2. The van der Waals surface area contributed by atoms with Crippen LogP contribution in [0.2, 0.25) is 0 Å². The van der Waals surface area contributed by atoms with Crippen molar-refractivity contribution in [3.05, 3.63) is 82.3 Å². The number of sulfone groups is 1. The molecule has 1 atom stereocenters. The number of carbonyl (C=O) groups is 3. The van der Waals surface area contributed by atoms with Gasteiger partial charge >= 0.3 is 0 Å². The lowest BCUT2D eigenvalue weighted by atomic mass is 10.2. The van der Waals surface area contributed by atoms with Crippen LogP contribution in [0.5, 0.6) is 5.75 Å². The molecule has 1 aliphatic heterocycles. The van der Waals surface area contributed by atoms with Crippen LogP contribution in [0.3, 0.4) is 0 Å². The van der Waals surface area contributed by atoms with Gasteiger partial charge in [0.2, 0.25) is 15.2 Å². The van der Waals surface area contributed by atoms with E-state index in [1.807, 2.05) is 25.1 Å². The van der Waals surface area contributed by atoms with Gasteiger partial charge in [-0.3, -0.25) is 14.4 Å². The number of aryl methyl sites for hydroxylation is 1. The van der Waals surface area contributed by atoms with Gasteiger partial charge in [-0.25, -0.2) is 12.8 Å². The third kappa shape index (κ3) is 6.37. The Labute approximate surface area is 223 Å². The number of nitrogens with one attached hydrogen (secondary N) is 1. The zero-order valence-corrected chi connectivity index (χ0v) is 22.1. The van der Waals surface area contributed by atoms with E-state index in [0.29, 0.717) is 5.75 Å². The topological polar surface area (TPSA) is 113 Å². The minimum atomic E-state index is -4.41. The van der Waals surface area contributed by atoms with Crippen LogP contribution in [0.25, 0.3) is 0 Å². The van der Waals surface area contributed by atoms with Crippen LogP contribution >= 0.6 is 11.3 Å². The molecule has 1 fully saturated rings. The molecule has 2 heterocycles. The van der Waals surface area contributed by atoms with E-state index in [-0.39, 0.29) is 48.5 Å². The predicted molar refractivity (Wildman–Crippen MR) is 139 cm³/mol. The zero-order valence-electron chi connectivity index (χ0n) is 20.5. The van der Waals surface area contributed by atoms with Crippen LogP contribution < -0.4 is 10.1 Å². The monoisotopic (exact) mass is 559 g/mol. The van der Waals surface area contributed by atoms with Gasteiger partial charge in [0.15, 0.2) is 6.61 Å². The van der Waals surface area contributed by atoms with Crippen LogP contribution in [-0.2, 0) is 19.4 Å². The SMILES string of the molecule is Cc1cccc(OCC(=O)N2CCN(C(=O)[C@@H](NC(=O)c3cccs3)S(=O)(=O)c3ccc(F)cc3)CC2)c1. The molecule has 1 aromatic heterocycles. The van der Waals surface area contributed by atoms with E-state index in [4.69, 9.17) is 4.74 Å². The highest BCUT2D eigenvalue weighted by molar-refractivity contribution is 7.92. The van der Waals surface area contributed by atoms with E-state index in [9.17, 15) is 27.2 Å². The summed E-state index contributed by atoms with van der Waals surface area (Å²) in [7, 11) is -4.41. The first-order valence-electron chi connectivity index (χ1n) is 11.7. The van der Waals surface area contributed by atoms with Crippen molar-refractivity contribution in [3.63, 3.8) is 0 Å². The molecule has 1 N–H and O–H groups in total. The molecule has 0 radical (unpaired) electrons. The number of ether oxygens (including phenoxy) is 1. The lowest BCUT2D eigenvalue weighted by molar-refractivity contribution is -0.140. The summed E-state index contributed by atoms with van der Waals surface area (Å²) in [5, 5.41) is 2.07. The standard InChI is InChI=1S/C26H26FN3O6S2/c1-18-4-2-5-20(16-18)36-17-23(31)29-11-13-30(14-12-29)26(33)25(28-24(32)22-6-3-15-37-22)38(34,35)21-9-7-19(27)8-10-21/h2-10,15-16,25H,11-14,17H2,1H3,(H,28,32)/t25-/m0/s1. The van der Waals surface area contributed by atoms with Crippen LogP contribution in [0.15, 0.2) is 70.9 Å². The molecule has 38 heavy (non-hydrogen) atoms. The van der Waals surface area contributed by atoms with Crippen molar-refractivity contribution in [2.75, 3.05) is 32.8 Å². The van der Waals surface area contributed by atoms with Crippen molar-refractivity contribution in [3.8, 4) is 5.75 Å². The van der Waals surface area contributed by atoms with Crippen molar-refractivity contribution < 1.29 is 31.9 Å². The second-order valence-corrected chi connectivity index (χ2v) is 11.6. The Balaban J connectivity index is 1.44. The lowest BCUT2D eigenvalue weighted by Gasteiger charge is -2.36. The smallest absolute Gasteiger partial charge is 0.262 e. The van der Waals surface area contributed by atoms with Gasteiger partial charge in [0.1, 0.15) is 11.6 Å². The van der Waals surface area contributed by atoms with Gasteiger partial charge in [-0.05, 0) is 60.3 Å². The van der Waals surface area contributed by atoms with Crippen molar-refractivity contribution in [1.29, 1.82) is 0 Å². The molecule has 3 amide bonds. The van der Waals surface area contributed by atoms with Gasteiger partial charge in [-0.2, -0.15) is 0 Å². The Morgan fingerprint density at radius 2 is 1.68 bits per heavy atom. The maximum Gasteiger partial charge on any atom is 0.262 e. The van der Waals surface area contributed by atoms with Gasteiger partial charge in [0.25, 0.3) is 17.7 Å². The highest BCUT2D eigenvalue weighted by Crippen LogP contribution is 2.20. The molecule has 0 aliphatic carbocycles. The average Bonchev–Trinajstić information content (AvgIpc) is 3.45. The fourth-order valence-electron chi connectivity index (χ4n) is 3.91. The fourth-order valence-corrected chi connectivity index (χ4v) is 6.01. The largest absolute Gasteiger partial charge is 0.484 e. The molecule has 3 aromatic rings. The summed E-state index contributed by atoms with van der Waals surface area (Å²) in [6.07, 6.45) is 0. The second-order valence-electron chi connectivity index (χ2n) is 8.64. The Kier molecular flexibility index (Phi) is 8.42. The van der Waals surface area contributed by atoms with Gasteiger partial charge in [0.05, 0.1) is 9.77 Å². The molecule has 9 nitrogen and oxygen atoms in total. The maximum absolute atomic E-state index is 13.4. The number of thiophene rings is 1. The molecule has 1 aliphatic rings. The second kappa shape index (κ2) is 11.7. The van der Waals surface area contributed by atoms with Gasteiger partial charge in [0, 0.05) is 26.2 Å². The van der Waals surface area contributed by atoms with Crippen LogP contribution in [0.1, 0.15) is 15.2 Å². The summed E-state index contributed by atoms with van der Waals surface area (Å²) in [6, 6.07) is 14.5. The molecule has 200 valence electrons. The van der Waals surface area contributed by atoms with Gasteiger partial charge in [-0.15, -0.1) is 11.3 Å². The molecule has 0 unspecified atom stereocenters. The summed E-state index contributed by atoms with van der Waals surface area (Å²) in [5.74, 6) is -1.88. The van der Waals surface area contributed by atoms with Crippen LogP contribution in [0, 0.1) is 12.7 Å². The highest BCUT2D eigenvalue weighted by Gasteiger charge is 2.39. The summed E-state index contributed by atoms with van der Waals surface area (Å²) in [6.45, 7) is 2.22. The number of piperazine rings is 1. The zero-order chi connectivity index (χ0) is 27.3. The molecular weight excluding hydrogens is 533 g/mol. The molecule has 1 saturated heterocycles. The molecule has 4 rings (SSSR count). The van der Waals surface area contributed by atoms with Gasteiger partial charge in [-0.1, -0.05) is 18.2 Å². The van der Waals surface area contributed by atoms with E-state index in [2.05, 4.69) is 5.32 Å². The lowest BCUT2D eigenvalue weighted by Crippen LogP contribution is -2.58. The van der Waals surface area contributed by atoms with E-state index >= 15 is 0 Å². The quantitative estimate of drug-likeness (QED) is 0.425. The Hall–Kier alpha value is -3.77. The third-order valence-electron chi connectivity index (χ3n) is 5.98. The number of halogens is 1. The third-order valence-corrected chi connectivity index (χ3v) is 8.72. The molecular formula is C26H26FN3O6S2. The van der Waals surface area contributed by atoms with E-state index in [0.717, 1.165) is 41.2 Å². The maximum atomic E-state index is 13.4. The van der Waals surface area contributed by atoms with Crippen LogP contribution in [0.4, 0.5) is 4.39 Å². The summed E-state index contributed by atoms with van der Waals surface area (Å²) < 4.78 is 45.8. The highest BCUT2D eigenvalue weighted by atomic mass is 32.2. The van der Waals surface area contributed by atoms with Crippen molar-refractivity contribution >= 4 is 38.9 Å². The number of hydrogen-bond acceptors (Lipinski definition) is 7. The average molecular weight is 560 g/mol. The van der Waals surface area contributed by atoms with Crippen molar-refractivity contribution in [2.45, 2.75) is 17.2 Å². The number of benzene rings is 2. The number of carbonyl (C=O) groups excluding carboxylic acids is 3. The molecule has 0 spiro atoms. The first kappa shape index (κ1) is 27.3. The summed E-state index contributed by atoms with van der Waals surface area (Å²) in [4.78, 5) is 41.6. The normalized spacial score (nSPS) is 14.6. The fraction of sp³-hybridized carbons (Fsp3) is 0.269. The Morgan fingerprint density at radius 1 is 1.00 bits per heavy atom. The number of hydrogen-bond donors (Lipinski definition) is 1. The first-order chi connectivity index (χ1) is 18.1. The predicted octanol–water partition coefficient (Wildman–Crippen LogP) is 2.48. The van der Waals surface area contributed by atoms with Crippen molar-refractivity contribution in [2.24, 2.45) is 0 Å². The minimum Gasteiger partial charge on any atom is -0.484 e. The number of rotatable bonds is 8. The Bertz CT molecular complexity index is 1400. The molecule has 12 heteroatoms. The minimum absolute atomic E-state index is 0.0688. The first-order valence-corrected chi connectivity index (χ1v) is 14.2. The van der Waals surface area contributed by atoms with Crippen LogP contribution in [-0.4, -0.2) is 74.1 Å². The van der Waals surface area contributed by atoms with E-state index in [1.54, 1.807) is 17.5 Å². The number of amides is 3. The molecule has 0 saturated carbocycles. The molecule has 0 bridgehead atoms. The van der Waals surface area contributed by atoms with E-state index < -0.39 is 32.8 Å². The van der Waals surface area contributed by atoms with E-state index in [1.165, 1.54) is 15.9 Å². The summed E-state index contributed by atoms with van der Waals surface area (Å²) in [5.41, 5.74) is 0.999. The summed E-state index contributed by atoms with van der Waals surface area (Å²) >= 11 is 1.10.